The van der Waals surface area contributed by atoms with Crippen molar-refractivity contribution in [3.8, 4) is 0 Å². The van der Waals surface area contributed by atoms with E-state index in [4.69, 9.17) is 10.5 Å². The number of nitrogens with two attached hydrogens (primary N) is 1. The molecule has 0 radical (unpaired) electrons. The van der Waals surface area contributed by atoms with Crippen LogP contribution in [0, 0.1) is 0 Å². The van der Waals surface area contributed by atoms with Gasteiger partial charge < -0.3 is 15.4 Å². The first-order chi connectivity index (χ1) is 8.11. The molecular formula is C12H22N2O3. The van der Waals surface area contributed by atoms with E-state index in [1.165, 1.54) is 0 Å². The molecule has 2 N–H and O–H groups in total. The molecule has 0 aromatic carbocycles. The third-order valence-electron chi connectivity index (χ3n) is 3.14. The fraction of sp³-hybridized carbons (Fsp3) is 0.833. The van der Waals surface area contributed by atoms with Crippen molar-refractivity contribution in [2.45, 2.75) is 44.7 Å². The van der Waals surface area contributed by atoms with Crippen molar-refractivity contribution < 1.29 is 14.3 Å². The number of amides is 1. The summed E-state index contributed by atoms with van der Waals surface area (Å²) in [5, 5.41) is 0. The minimum absolute atomic E-state index is 0.0327. The average Bonchev–Trinajstić information content (AvgIpc) is 2.76. The highest BCUT2D eigenvalue weighted by molar-refractivity contribution is 6.38. The van der Waals surface area contributed by atoms with E-state index in [-0.39, 0.29) is 6.04 Å². The molecule has 1 saturated heterocycles. The smallest absolute Gasteiger partial charge is 0.291 e. The minimum Gasteiger partial charge on any atom is -0.383 e. The number of hydrogen-bond acceptors (Lipinski definition) is 4. The molecule has 1 aliphatic heterocycles. The lowest BCUT2D eigenvalue weighted by Crippen LogP contribution is -2.47. The summed E-state index contributed by atoms with van der Waals surface area (Å²) in [7, 11) is 1.60. The quantitative estimate of drug-likeness (QED) is 0.681. The second-order valence-electron chi connectivity index (χ2n) is 4.51. The fourth-order valence-corrected chi connectivity index (χ4v) is 2.21. The summed E-state index contributed by atoms with van der Waals surface area (Å²) in [6.07, 6.45) is 3.20. The van der Waals surface area contributed by atoms with Crippen molar-refractivity contribution in [3.05, 3.63) is 0 Å². The van der Waals surface area contributed by atoms with Crippen LogP contribution in [-0.4, -0.2) is 48.9 Å². The Morgan fingerprint density at radius 3 is 2.82 bits per heavy atom. The molecule has 1 rings (SSSR count). The standard InChI is InChI=1S/C12H22N2O3/c1-3-5-10(13)11(15)12(16)14-7-4-6-9(14)8-17-2/h9-10H,3-8,13H2,1-2H3/t9-,10?/m0/s1. The Balaban J connectivity index is 2.59. The van der Waals surface area contributed by atoms with Gasteiger partial charge in [-0.3, -0.25) is 9.59 Å². The lowest BCUT2D eigenvalue weighted by molar-refractivity contribution is -0.146. The van der Waals surface area contributed by atoms with Crippen LogP contribution in [-0.2, 0) is 14.3 Å². The Labute approximate surface area is 102 Å². The molecule has 0 bridgehead atoms. The van der Waals surface area contributed by atoms with Gasteiger partial charge in [0.25, 0.3) is 5.91 Å². The van der Waals surface area contributed by atoms with Gasteiger partial charge in [-0.15, -0.1) is 0 Å². The maximum absolute atomic E-state index is 12.0. The number of methoxy groups -OCH3 is 1. The first-order valence-electron chi connectivity index (χ1n) is 6.21. The van der Waals surface area contributed by atoms with Crippen LogP contribution in [0.1, 0.15) is 32.6 Å². The molecule has 0 saturated carbocycles. The van der Waals surface area contributed by atoms with Gasteiger partial charge >= 0.3 is 0 Å². The van der Waals surface area contributed by atoms with Gasteiger partial charge in [0.1, 0.15) is 0 Å². The number of carbonyl (C=O) groups is 2. The molecule has 0 aromatic rings. The molecule has 1 amide bonds. The SMILES string of the molecule is CCCC(N)C(=O)C(=O)N1CCC[C@H]1COC. The highest BCUT2D eigenvalue weighted by atomic mass is 16.5. The molecule has 1 heterocycles. The van der Waals surface area contributed by atoms with Crippen LogP contribution in [0.25, 0.3) is 0 Å². The van der Waals surface area contributed by atoms with Gasteiger partial charge in [0, 0.05) is 13.7 Å². The molecule has 1 aliphatic rings. The molecule has 5 nitrogen and oxygen atoms in total. The Morgan fingerprint density at radius 1 is 1.53 bits per heavy atom. The van der Waals surface area contributed by atoms with Crippen LogP contribution in [0.2, 0.25) is 0 Å². The number of rotatable bonds is 6. The number of nitrogens with zero attached hydrogens (tertiary/aromatic N) is 1. The first-order valence-corrected chi connectivity index (χ1v) is 6.21. The predicted octanol–water partition coefficient (Wildman–Crippen LogP) is 0.320. The lowest BCUT2D eigenvalue weighted by atomic mass is 10.1. The van der Waals surface area contributed by atoms with Gasteiger partial charge in [-0.2, -0.15) is 0 Å². The van der Waals surface area contributed by atoms with E-state index in [0.717, 1.165) is 19.3 Å². The molecule has 0 aromatic heterocycles. The summed E-state index contributed by atoms with van der Waals surface area (Å²) in [5.74, 6) is -0.902. The summed E-state index contributed by atoms with van der Waals surface area (Å²) < 4.78 is 5.06. The molecule has 0 spiro atoms. The summed E-state index contributed by atoms with van der Waals surface area (Å²) in [4.78, 5) is 25.4. The summed E-state index contributed by atoms with van der Waals surface area (Å²) in [6, 6.07) is -0.624. The van der Waals surface area contributed by atoms with Crippen LogP contribution in [0.4, 0.5) is 0 Å². The number of hydrogen-bond donors (Lipinski definition) is 1. The highest BCUT2D eigenvalue weighted by Gasteiger charge is 2.34. The largest absolute Gasteiger partial charge is 0.383 e. The van der Waals surface area contributed by atoms with Gasteiger partial charge in [-0.05, 0) is 19.3 Å². The maximum Gasteiger partial charge on any atom is 0.291 e. The van der Waals surface area contributed by atoms with Crippen molar-refractivity contribution in [3.63, 3.8) is 0 Å². The summed E-state index contributed by atoms with van der Waals surface area (Å²) in [6.45, 7) is 3.07. The second-order valence-corrected chi connectivity index (χ2v) is 4.51. The second kappa shape index (κ2) is 6.71. The first kappa shape index (κ1) is 14.1. The van der Waals surface area contributed by atoms with E-state index in [1.54, 1.807) is 12.0 Å². The van der Waals surface area contributed by atoms with E-state index in [0.29, 0.717) is 19.6 Å². The number of likely N-dealkylation sites (tertiary alicyclic amines) is 1. The predicted molar refractivity (Wildman–Crippen MR) is 64.5 cm³/mol. The maximum atomic E-state index is 12.0. The van der Waals surface area contributed by atoms with E-state index in [1.807, 2.05) is 6.92 Å². The van der Waals surface area contributed by atoms with E-state index in [9.17, 15) is 9.59 Å². The highest BCUT2D eigenvalue weighted by Crippen LogP contribution is 2.18. The summed E-state index contributed by atoms with van der Waals surface area (Å²) in [5.41, 5.74) is 5.69. The van der Waals surface area contributed by atoms with Crippen molar-refractivity contribution >= 4 is 11.7 Å². The van der Waals surface area contributed by atoms with Crippen molar-refractivity contribution in [2.24, 2.45) is 5.73 Å². The molecule has 98 valence electrons. The average molecular weight is 242 g/mol. The fourth-order valence-electron chi connectivity index (χ4n) is 2.21. The Hall–Kier alpha value is -0.940. The molecule has 2 atom stereocenters. The van der Waals surface area contributed by atoms with Crippen molar-refractivity contribution in [2.75, 3.05) is 20.3 Å². The van der Waals surface area contributed by atoms with E-state index >= 15 is 0 Å². The van der Waals surface area contributed by atoms with Crippen molar-refractivity contribution in [1.29, 1.82) is 0 Å². The topological polar surface area (TPSA) is 72.6 Å². The van der Waals surface area contributed by atoms with Gasteiger partial charge in [0.2, 0.25) is 5.78 Å². The molecule has 0 aliphatic carbocycles. The molecule has 5 heteroatoms. The molecule has 1 fully saturated rings. The zero-order valence-electron chi connectivity index (χ0n) is 10.6. The molecule has 1 unspecified atom stereocenters. The van der Waals surface area contributed by atoms with Gasteiger partial charge in [-0.25, -0.2) is 0 Å². The normalized spacial score (nSPS) is 21.6. The van der Waals surface area contributed by atoms with E-state index < -0.39 is 17.7 Å². The van der Waals surface area contributed by atoms with Crippen LogP contribution in [0.3, 0.4) is 0 Å². The van der Waals surface area contributed by atoms with Crippen LogP contribution >= 0.6 is 0 Å². The third kappa shape index (κ3) is 3.51. The third-order valence-corrected chi connectivity index (χ3v) is 3.14. The zero-order valence-corrected chi connectivity index (χ0v) is 10.6. The van der Waals surface area contributed by atoms with Gasteiger partial charge in [0.05, 0.1) is 18.7 Å². The number of ketones is 1. The number of Topliss-reactive ketones (excluding diaryl/α,β-unsaturated/α-hetero) is 1. The van der Waals surface area contributed by atoms with Crippen LogP contribution in [0.15, 0.2) is 0 Å². The van der Waals surface area contributed by atoms with Crippen molar-refractivity contribution in [1.82, 2.24) is 4.90 Å². The summed E-state index contributed by atoms with van der Waals surface area (Å²) >= 11 is 0. The Bertz CT molecular complexity index is 281. The molecule has 17 heavy (non-hydrogen) atoms. The Morgan fingerprint density at radius 2 is 2.24 bits per heavy atom. The minimum atomic E-state index is -0.656. The van der Waals surface area contributed by atoms with Gasteiger partial charge in [0.15, 0.2) is 0 Å². The van der Waals surface area contributed by atoms with E-state index in [2.05, 4.69) is 0 Å². The zero-order chi connectivity index (χ0) is 12.8. The lowest BCUT2D eigenvalue weighted by Gasteiger charge is -2.24. The molecular weight excluding hydrogens is 220 g/mol. The number of carbonyl (C=O) groups excluding carboxylic acids is 2. The van der Waals surface area contributed by atoms with Crippen LogP contribution < -0.4 is 5.73 Å². The Kier molecular flexibility index (Phi) is 5.58. The van der Waals surface area contributed by atoms with Crippen LogP contribution in [0.5, 0.6) is 0 Å². The number of ether oxygens (including phenoxy) is 1. The monoisotopic (exact) mass is 242 g/mol. The van der Waals surface area contributed by atoms with Gasteiger partial charge in [-0.1, -0.05) is 13.3 Å².